The first kappa shape index (κ1) is 42.0. The van der Waals surface area contributed by atoms with E-state index >= 15 is 0 Å². The monoisotopic (exact) mass is 932 g/mol. The molecule has 1 aliphatic carbocycles. The normalized spacial score (nSPS) is 14.3. The summed E-state index contributed by atoms with van der Waals surface area (Å²) in [6.45, 7) is 4.81. The Labute approximate surface area is 427 Å². The van der Waals surface area contributed by atoms with E-state index in [1.807, 2.05) is 0 Å². The van der Waals surface area contributed by atoms with E-state index in [1.165, 1.54) is 133 Å². The fourth-order valence-electron chi connectivity index (χ4n) is 13.3. The van der Waals surface area contributed by atoms with Gasteiger partial charge in [-0.2, -0.15) is 0 Å². The number of anilines is 6. The van der Waals surface area contributed by atoms with Crippen LogP contribution >= 0.6 is 0 Å². The number of para-hydroxylation sites is 4. The number of nitrogens with zero attached hydrogens (tertiary/aromatic N) is 2. The van der Waals surface area contributed by atoms with Gasteiger partial charge in [0, 0.05) is 39.5 Å². The van der Waals surface area contributed by atoms with Crippen LogP contribution in [0.2, 0.25) is 0 Å². The number of fused-ring (bicyclic) bond motifs is 12. The van der Waals surface area contributed by atoms with Crippen LogP contribution in [0.25, 0.3) is 76.5 Å². The lowest BCUT2D eigenvalue weighted by Gasteiger charge is -2.29. The van der Waals surface area contributed by atoms with Crippen molar-refractivity contribution in [2.75, 3.05) is 9.80 Å². The van der Waals surface area contributed by atoms with E-state index in [-0.39, 0.29) is 5.41 Å². The van der Waals surface area contributed by atoms with Crippen LogP contribution in [0, 0.1) is 0 Å². The minimum atomic E-state index is -0.164. The molecule has 12 aromatic rings. The maximum absolute atomic E-state index is 2.54. The molecule has 0 aromatic heterocycles. The first-order chi connectivity index (χ1) is 36.0. The third kappa shape index (κ3) is 6.36. The van der Waals surface area contributed by atoms with E-state index in [4.69, 9.17) is 0 Å². The molecule has 0 fully saturated rings. The Bertz CT molecular complexity index is 4170. The van der Waals surface area contributed by atoms with E-state index in [0.717, 1.165) is 37.1 Å². The van der Waals surface area contributed by atoms with Crippen molar-refractivity contribution < 1.29 is 0 Å². The number of aryl methyl sites for hydroxylation is 4. The van der Waals surface area contributed by atoms with Crippen molar-refractivity contribution in [3.05, 3.63) is 264 Å². The minimum absolute atomic E-state index is 0.164. The SMILES string of the molecule is CC1(C)c2ccccc2-c2ccc(-c3c4cc(N5c6ccccc6CCc6ccccc65)ccc4c(-c4cc5ccccc5c5ccccc45)c4cc(N5c6ccccc6CCc6ccccc65)ccc34)cc21. The average molecular weight is 933 g/mol. The molecule has 73 heavy (non-hydrogen) atoms. The number of hydrogen-bond acceptors (Lipinski definition) is 2. The molecule has 2 heterocycles. The fourth-order valence-corrected chi connectivity index (χ4v) is 13.3. The molecule has 3 aliphatic rings. The summed E-state index contributed by atoms with van der Waals surface area (Å²) in [4.78, 5) is 5.08. The molecule has 2 heteroatoms. The van der Waals surface area contributed by atoms with Crippen molar-refractivity contribution in [2.45, 2.75) is 44.9 Å². The van der Waals surface area contributed by atoms with Crippen molar-refractivity contribution in [1.82, 2.24) is 0 Å². The van der Waals surface area contributed by atoms with E-state index in [2.05, 4.69) is 254 Å². The lowest BCUT2D eigenvalue weighted by Crippen LogP contribution is -2.15. The van der Waals surface area contributed by atoms with Gasteiger partial charge in [-0.3, -0.25) is 0 Å². The summed E-state index contributed by atoms with van der Waals surface area (Å²) in [5, 5.41) is 9.98. The Morgan fingerprint density at radius 2 is 0.753 bits per heavy atom. The number of hydrogen-bond donors (Lipinski definition) is 0. The van der Waals surface area contributed by atoms with E-state index in [0.29, 0.717) is 0 Å². The highest BCUT2D eigenvalue weighted by Crippen LogP contribution is 2.54. The highest BCUT2D eigenvalue weighted by Gasteiger charge is 2.36. The van der Waals surface area contributed by atoms with Crippen molar-refractivity contribution in [2.24, 2.45) is 0 Å². The molecule has 15 rings (SSSR count). The molecule has 0 radical (unpaired) electrons. The Balaban J connectivity index is 1.10. The molecule has 2 nitrogen and oxygen atoms in total. The van der Waals surface area contributed by atoms with Gasteiger partial charge < -0.3 is 9.80 Å². The van der Waals surface area contributed by atoms with E-state index in [1.54, 1.807) is 0 Å². The summed E-state index contributed by atoms with van der Waals surface area (Å²) in [7, 11) is 0. The molecule has 0 atom stereocenters. The van der Waals surface area contributed by atoms with Gasteiger partial charge in [0.1, 0.15) is 0 Å². The van der Waals surface area contributed by atoms with Crippen molar-refractivity contribution >= 4 is 77.2 Å². The quantitative estimate of drug-likeness (QED) is 0.128. The Hall–Kier alpha value is -8.72. The standard InChI is InChI=1S/C71H52N2/c1-71(2)63-26-12-11-25-56(63)57-38-35-50(42-64(57)71)69-58-39-36-52(73-67-29-15-6-19-47(67)33-34-48-20-7-16-30-68(48)73)44-62(58)70(60-41-49-21-3-8-22-53(49)54-23-9-10-24-55(54)60)59-40-37-51(43-61(59)69)72-65-27-13-4-17-45(65)31-32-46-18-5-14-28-66(46)72/h3-30,35-44H,31-34H2,1-2H3. The number of rotatable bonds is 4. The van der Waals surface area contributed by atoms with Crippen molar-refractivity contribution in [3.8, 4) is 33.4 Å². The van der Waals surface area contributed by atoms with Crippen LogP contribution in [0.3, 0.4) is 0 Å². The van der Waals surface area contributed by atoms with E-state index < -0.39 is 0 Å². The zero-order valence-corrected chi connectivity index (χ0v) is 41.2. The summed E-state index contributed by atoms with van der Waals surface area (Å²) in [6, 6.07) is 87.7. The lowest BCUT2D eigenvalue weighted by atomic mass is 9.80. The van der Waals surface area contributed by atoms with Gasteiger partial charge in [-0.1, -0.05) is 184 Å². The third-order valence-corrected chi connectivity index (χ3v) is 16.8. The third-order valence-electron chi connectivity index (χ3n) is 16.8. The molecule has 0 bridgehead atoms. The average Bonchev–Trinajstić information content (AvgIpc) is 3.56. The zero-order valence-electron chi connectivity index (χ0n) is 41.2. The molecule has 0 N–H and O–H groups in total. The molecular formula is C71H52N2. The van der Waals surface area contributed by atoms with Crippen molar-refractivity contribution in [1.29, 1.82) is 0 Å². The smallest absolute Gasteiger partial charge is 0.0493 e. The predicted octanol–water partition coefficient (Wildman–Crippen LogP) is 19.1. The first-order valence-electron chi connectivity index (χ1n) is 26.1. The molecule has 0 saturated heterocycles. The summed E-state index contributed by atoms with van der Waals surface area (Å²) >= 11 is 0. The molecule has 2 aliphatic heterocycles. The van der Waals surface area contributed by atoms with Gasteiger partial charge in [-0.05, 0) is 196 Å². The summed E-state index contributed by atoms with van der Waals surface area (Å²) in [6.07, 6.45) is 3.97. The highest BCUT2D eigenvalue weighted by molar-refractivity contribution is 6.27. The summed E-state index contributed by atoms with van der Waals surface area (Å²) in [5.41, 5.74) is 23.0. The fraction of sp³-hybridized carbons (Fsp3) is 0.0986. The first-order valence-corrected chi connectivity index (χ1v) is 26.1. The van der Waals surface area contributed by atoms with Crippen LogP contribution in [-0.4, -0.2) is 0 Å². The van der Waals surface area contributed by atoms with Gasteiger partial charge >= 0.3 is 0 Å². The molecule has 0 unspecified atom stereocenters. The second-order valence-corrected chi connectivity index (χ2v) is 21.0. The minimum Gasteiger partial charge on any atom is -0.310 e. The summed E-state index contributed by atoms with van der Waals surface area (Å²) < 4.78 is 0. The van der Waals surface area contributed by atoms with Crippen LogP contribution in [0.1, 0.15) is 47.2 Å². The zero-order chi connectivity index (χ0) is 48.4. The Morgan fingerprint density at radius 1 is 0.301 bits per heavy atom. The summed E-state index contributed by atoms with van der Waals surface area (Å²) in [5.74, 6) is 0. The van der Waals surface area contributed by atoms with Gasteiger partial charge in [0.15, 0.2) is 0 Å². The Morgan fingerprint density at radius 3 is 1.34 bits per heavy atom. The van der Waals surface area contributed by atoms with Crippen LogP contribution in [0.5, 0.6) is 0 Å². The van der Waals surface area contributed by atoms with Crippen LogP contribution in [0.15, 0.2) is 231 Å². The molecule has 0 amide bonds. The second kappa shape index (κ2) is 16.2. The van der Waals surface area contributed by atoms with Crippen LogP contribution in [-0.2, 0) is 31.1 Å². The van der Waals surface area contributed by atoms with Gasteiger partial charge in [0.25, 0.3) is 0 Å². The van der Waals surface area contributed by atoms with Crippen molar-refractivity contribution in [3.63, 3.8) is 0 Å². The van der Waals surface area contributed by atoms with Gasteiger partial charge in [-0.25, -0.2) is 0 Å². The lowest BCUT2D eigenvalue weighted by molar-refractivity contribution is 0.660. The van der Waals surface area contributed by atoms with Crippen LogP contribution < -0.4 is 9.80 Å². The van der Waals surface area contributed by atoms with Crippen LogP contribution in [0.4, 0.5) is 34.1 Å². The molecule has 0 spiro atoms. The van der Waals surface area contributed by atoms with E-state index in [9.17, 15) is 0 Å². The maximum atomic E-state index is 2.54. The topological polar surface area (TPSA) is 6.48 Å². The largest absolute Gasteiger partial charge is 0.310 e. The van der Waals surface area contributed by atoms with Gasteiger partial charge in [0.05, 0.1) is 0 Å². The van der Waals surface area contributed by atoms with Gasteiger partial charge in [0.2, 0.25) is 0 Å². The van der Waals surface area contributed by atoms with Gasteiger partial charge in [-0.15, -0.1) is 0 Å². The highest BCUT2D eigenvalue weighted by atomic mass is 15.2. The second-order valence-electron chi connectivity index (χ2n) is 21.0. The molecular weight excluding hydrogens is 881 g/mol. The Kier molecular flexibility index (Phi) is 9.29. The maximum Gasteiger partial charge on any atom is 0.0493 e. The predicted molar refractivity (Wildman–Crippen MR) is 309 cm³/mol. The molecule has 0 saturated carbocycles. The molecule has 12 aromatic carbocycles. The number of benzene rings is 12. The molecule has 346 valence electrons.